The summed E-state index contributed by atoms with van der Waals surface area (Å²) in [6.07, 6.45) is 0. The van der Waals surface area contributed by atoms with Crippen LogP contribution in [0.3, 0.4) is 0 Å². The van der Waals surface area contributed by atoms with E-state index in [1.807, 2.05) is 0 Å². The van der Waals surface area contributed by atoms with Crippen LogP contribution in [0, 0.1) is 5.82 Å². The van der Waals surface area contributed by atoms with Crippen molar-refractivity contribution in [3.05, 3.63) is 48.3 Å². The summed E-state index contributed by atoms with van der Waals surface area (Å²) in [5.74, 6) is -1.35. The van der Waals surface area contributed by atoms with Gasteiger partial charge in [-0.25, -0.2) is 4.39 Å². The van der Waals surface area contributed by atoms with Crippen LogP contribution in [0.1, 0.15) is 6.92 Å². The topological polar surface area (TPSA) is 93.5 Å². The van der Waals surface area contributed by atoms with Crippen LogP contribution in [0.4, 0.5) is 21.8 Å². The van der Waals surface area contributed by atoms with Crippen molar-refractivity contribution in [2.75, 3.05) is 17.2 Å². The van der Waals surface area contributed by atoms with E-state index >= 15 is 0 Å². The highest BCUT2D eigenvalue weighted by molar-refractivity contribution is 5.92. The quantitative estimate of drug-likeness (QED) is 0.691. The number of ether oxygens (including phenoxy) is 1. The number of anilines is 3. The van der Waals surface area contributed by atoms with Crippen molar-refractivity contribution in [1.29, 1.82) is 0 Å². The van der Waals surface area contributed by atoms with Crippen LogP contribution in [0.5, 0.6) is 0 Å². The van der Waals surface area contributed by atoms with Crippen LogP contribution in [0.15, 0.2) is 46.9 Å². The van der Waals surface area contributed by atoms with Crippen molar-refractivity contribution >= 4 is 40.4 Å². The smallest absolute Gasteiger partial charge is 0.303 e. The number of hydrogen-bond donors (Lipinski definition) is 2. The molecule has 2 aromatic carbocycles. The van der Waals surface area contributed by atoms with E-state index in [0.29, 0.717) is 22.5 Å². The fourth-order valence-corrected chi connectivity index (χ4v) is 2.08. The van der Waals surface area contributed by atoms with Gasteiger partial charge in [-0.1, -0.05) is 0 Å². The summed E-state index contributed by atoms with van der Waals surface area (Å²) < 4.78 is 23.2. The van der Waals surface area contributed by atoms with E-state index in [-0.39, 0.29) is 12.6 Å². The number of amides is 1. The molecule has 25 heavy (non-hydrogen) atoms. The fraction of sp³-hybridized carbons (Fsp3) is 0.118. The Balaban J connectivity index is 1.63. The van der Waals surface area contributed by atoms with Crippen molar-refractivity contribution in [2.24, 2.45) is 0 Å². The third kappa shape index (κ3) is 4.31. The molecular weight excluding hydrogens is 329 g/mol. The average molecular weight is 343 g/mol. The first kappa shape index (κ1) is 16.4. The van der Waals surface area contributed by atoms with Crippen molar-refractivity contribution in [3.63, 3.8) is 0 Å². The Morgan fingerprint density at radius 1 is 1.16 bits per heavy atom. The van der Waals surface area contributed by atoms with Crippen molar-refractivity contribution < 1.29 is 23.1 Å². The molecule has 1 heterocycles. The van der Waals surface area contributed by atoms with Crippen LogP contribution < -0.4 is 10.6 Å². The Morgan fingerprint density at radius 3 is 2.60 bits per heavy atom. The number of esters is 1. The van der Waals surface area contributed by atoms with Crippen molar-refractivity contribution in [1.82, 2.24) is 4.98 Å². The number of benzene rings is 2. The number of aromatic nitrogens is 1. The summed E-state index contributed by atoms with van der Waals surface area (Å²) in [4.78, 5) is 26.4. The maximum Gasteiger partial charge on any atom is 0.303 e. The first-order valence-corrected chi connectivity index (χ1v) is 7.36. The number of rotatable bonds is 5. The second-order valence-electron chi connectivity index (χ2n) is 5.16. The average Bonchev–Trinajstić information content (AvgIpc) is 2.96. The van der Waals surface area contributed by atoms with E-state index in [0.717, 1.165) is 0 Å². The Morgan fingerprint density at radius 2 is 1.88 bits per heavy atom. The predicted octanol–water partition coefficient (Wildman–Crippen LogP) is 3.21. The van der Waals surface area contributed by atoms with Gasteiger partial charge in [0, 0.05) is 24.4 Å². The molecule has 3 aromatic rings. The number of hydrogen-bond acceptors (Lipinski definition) is 6. The predicted molar refractivity (Wildman–Crippen MR) is 89.0 cm³/mol. The summed E-state index contributed by atoms with van der Waals surface area (Å²) in [5, 5.41) is 5.54. The number of carbonyl (C=O) groups excluding carboxylic acids is 2. The second kappa shape index (κ2) is 7.00. The lowest BCUT2D eigenvalue weighted by Gasteiger charge is -2.06. The first-order chi connectivity index (χ1) is 12.0. The Labute approximate surface area is 141 Å². The Hall–Kier alpha value is -3.42. The lowest BCUT2D eigenvalue weighted by molar-refractivity contribution is -0.144. The summed E-state index contributed by atoms with van der Waals surface area (Å²) in [6, 6.07) is 11.1. The molecule has 0 bridgehead atoms. The summed E-state index contributed by atoms with van der Waals surface area (Å²) in [7, 11) is 0. The number of oxazole rings is 1. The van der Waals surface area contributed by atoms with Crippen LogP contribution in [0.25, 0.3) is 11.1 Å². The van der Waals surface area contributed by atoms with Crippen molar-refractivity contribution in [3.8, 4) is 0 Å². The SMILES string of the molecule is CC(=O)OCC(=O)Nc1ccc(Nc2nc3ccc(F)cc3o2)cc1. The molecule has 0 aliphatic heterocycles. The highest BCUT2D eigenvalue weighted by atomic mass is 19.1. The standard InChI is InChI=1S/C17H14FN3O4/c1-10(22)24-9-16(23)19-12-3-5-13(6-4-12)20-17-21-14-7-2-11(18)8-15(14)25-17/h2-8H,9H2,1H3,(H,19,23)(H,20,21). The lowest BCUT2D eigenvalue weighted by Crippen LogP contribution is -2.19. The molecule has 7 nitrogen and oxygen atoms in total. The van der Waals surface area contributed by atoms with Gasteiger partial charge in [0.2, 0.25) is 0 Å². The molecule has 0 saturated carbocycles. The summed E-state index contributed by atoms with van der Waals surface area (Å²) >= 11 is 0. The molecule has 0 atom stereocenters. The second-order valence-corrected chi connectivity index (χ2v) is 5.16. The minimum absolute atomic E-state index is 0.229. The van der Waals surface area contributed by atoms with Gasteiger partial charge in [-0.2, -0.15) is 4.98 Å². The molecule has 0 radical (unpaired) electrons. The highest BCUT2D eigenvalue weighted by Gasteiger charge is 2.08. The van der Waals surface area contributed by atoms with Crippen LogP contribution in [-0.2, 0) is 14.3 Å². The number of halogens is 1. The molecule has 3 rings (SSSR count). The van der Waals surface area contributed by atoms with Crippen LogP contribution >= 0.6 is 0 Å². The van der Waals surface area contributed by atoms with E-state index in [4.69, 9.17) is 4.42 Å². The van der Waals surface area contributed by atoms with Gasteiger partial charge in [0.25, 0.3) is 11.9 Å². The zero-order valence-corrected chi connectivity index (χ0v) is 13.2. The number of nitrogens with one attached hydrogen (secondary N) is 2. The molecule has 0 fully saturated rings. The number of carbonyl (C=O) groups is 2. The van der Waals surface area contributed by atoms with Gasteiger partial charge in [0.1, 0.15) is 11.3 Å². The van der Waals surface area contributed by atoms with E-state index < -0.39 is 17.7 Å². The largest absolute Gasteiger partial charge is 0.456 e. The Bertz CT molecular complexity index is 921. The molecule has 0 saturated heterocycles. The van der Waals surface area contributed by atoms with Crippen molar-refractivity contribution in [2.45, 2.75) is 6.92 Å². The lowest BCUT2D eigenvalue weighted by atomic mass is 10.3. The number of fused-ring (bicyclic) bond motifs is 1. The molecule has 8 heteroatoms. The van der Waals surface area contributed by atoms with Gasteiger partial charge in [-0.3, -0.25) is 9.59 Å². The Kier molecular flexibility index (Phi) is 4.60. The minimum Gasteiger partial charge on any atom is -0.456 e. The van der Waals surface area contributed by atoms with Gasteiger partial charge in [0.05, 0.1) is 0 Å². The van der Waals surface area contributed by atoms with Gasteiger partial charge in [0.15, 0.2) is 12.2 Å². The zero-order chi connectivity index (χ0) is 17.8. The minimum atomic E-state index is -0.520. The van der Waals surface area contributed by atoms with E-state index in [1.165, 1.54) is 25.1 Å². The van der Waals surface area contributed by atoms with Gasteiger partial charge in [-0.15, -0.1) is 0 Å². The van der Waals surface area contributed by atoms with E-state index in [2.05, 4.69) is 20.4 Å². The van der Waals surface area contributed by atoms with Gasteiger partial charge in [-0.05, 0) is 36.4 Å². The third-order valence-electron chi connectivity index (χ3n) is 3.18. The summed E-state index contributed by atoms with van der Waals surface area (Å²) in [6.45, 7) is 0.892. The van der Waals surface area contributed by atoms with E-state index in [9.17, 15) is 14.0 Å². The maximum absolute atomic E-state index is 13.2. The monoisotopic (exact) mass is 343 g/mol. The molecule has 0 spiro atoms. The molecule has 0 aliphatic carbocycles. The normalized spacial score (nSPS) is 10.5. The highest BCUT2D eigenvalue weighted by Crippen LogP contribution is 2.23. The molecular formula is C17H14FN3O4. The molecule has 0 unspecified atom stereocenters. The molecule has 2 N–H and O–H groups in total. The fourth-order valence-electron chi connectivity index (χ4n) is 2.08. The first-order valence-electron chi connectivity index (χ1n) is 7.36. The molecule has 0 aliphatic rings. The van der Waals surface area contributed by atoms with E-state index in [1.54, 1.807) is 24.3 Å². The zero-order valence-electron chi connectivity index (χ0n) is 13.2. The maximum atomic E-state index is 13.2. The van der Waals surface area contributed by atoms with Gasteiger partial charge >= 0.3 is 5.97 Å². The molecule has 1 aromatic heterocycles. The number of nitrogens with zero attached hydrogens (tertiary/aromatic N) is 1. The third-order valence-corrected chi connectivity index (χ3v) is 3.18. The van der Waals surface area contributed by atoms with Crippen LogP contribution in [0.2, 0.25) is 0 Å². The summed E-state index contributed by atoms with van der Waals surface area (Å²) in [5.41, 5.74) is 2.10. The van der Waals surface area contributed by atoms with Crippen LogP contribution in [-0.4, -0.2) is 23.5 Å². The molecule has 128 valence electrons. The molecule has 1 amide bonds. The van der Waals surface area contributed by atoms with Gasteiger partial charge < -0.3 is 19.8 Å².